The van der Waals surface area contributed by atoms with Gasteiger partial charge in [0.2, 0.25) is 5.91 Å². The van der Waals surface area contributed by atoms with E-state index in [1.165, 1.54) is 4.90 Å². The third kappa shape index (κ3) is 4.23. The zero-order valence-corrected chi connectivity index (χ0v) is 15.8. The molecule has 0 N–H and O–H groups in total. The van der Waals surface area contributed by atoms with Gasteiger partial charge in [-0.05, 0) is 31.8 Å². The summed E-state index contributed by atoms with van der Waals surface area (Å²) in [7, 11) is 3.93. The predicted octanol–water partition coefficient (Wildman–Crippen LogP) is 2.10. The number of rotatable bonds is 7. The lowest BCUT2D eigenvalue weighted by atomic mass is 10.1. The summed E-state index contributed by atoms with van der Waals surface area (Å²) >= 11 is 0. The summed E-state index contributed by atoms with van der Waals surface area (Å²) in [4.78, 5) is 35.1. The van der Waals surface area contributed by atoms with Crippen molar-refractivity contribution in [2.45, 2.75) is 6.54 Å². The number of hydrogen-bond acceptors (Lipinski definition) is 4. The Bertz CT molecular complexity index is 813. The van der Waals surface area contributed by atoms with E-state index in [0.29, 0.717) is 24.4 Å². The lowest BCUT2D eigenvalue weighted by molar-refractivity contribution is -0.132. The van der Waals surface area contributed by atoms with Crippen molar-refractivity contribution in [3.63, 3.8) is 0 Å². The Morgan fingerprint density at radius 2 is 1.85 bits per heavy atom. The highest BCUT2D eigenvalue weighted by Gasteiger charge is 2.32. The molecule has 1 aromatic heterocycles. The second-order valence-electron chi connectivity index (χ2n) is 6.86. The zero-order chi connectivity index (χ0) is 19.4. The topological polar surface area (TPSA) is 56.8 Å². The van der Waals surface area contributed by atoms with Crippen LogP contribution in [0.4, 0.5) is 0 Å². The van der Waals surface area contributed by atoms with Crippen LogP contribution in [0.3, 0.4) is 0 Å². The molecule has 0 bridgehead atoms. The van der Waals surface area contributed by atoms with E-state index < -0.39 is 0 Å². The molecular weight excluding hydrogens is 340 g/mol. The van der Waals surface area contributed by atoms with Crippen molar-refractivity contribution in [2.24, 2.45) is 0 Å². The molecule has 0 spiro atoms. The van der Waals surface area contributed by atoms with Gasteiger partial charge in [0.05, 0.1) is 0 Å². The van der Waals surface area contributed by atoms with Gasteiger partial charge in [-0.2, -0.15) is 0 Å². The number of carbonyl (C=O) groups excluding carboxylic acids is 2. The third-order valence-corrected chi connectivity index (χ3v) is 4.60. The fourth-order valence-electron chi connectivity index (χ4n) is 3.06. The summed E-state index contributed by atoms with van der Waals surface area (Å²) in [6, 6.07) is 11.1. The van der Waals surface area contributed by atoms with Crippen LogP contribution in [0.2, 0.25) is 0 Å². The molecule has 6 heteroatoms. The fourth-order valence-corrected chi connectivity index (χ4v) is 3.06. The quantitative estimate of drug-likeness (QED) is 0.755. The van der Waals surface area contributed by atoms with Gasteiger partial charge in [-0.1, -0.05) is 30.8 Å². The largest absolute Gasteiger partial charge is 0.335 e. The first-order valence-corrected chi connectivity index (χ1v) is 8.89. The van der Waals surface area contributed by atoms with Crippen LogP contribution in [0.1, 0.15) is 21.5 Å². The number of amides is 2. The van der Waals surface area contributed by atoms with Crippen LogP contribution in [0.25, 0.3) is 5.70 Å². The van der Waals surface area contributed by atoms with Gasteiger partial charge in [0.15, 0.2) is 0 Å². The molecule has 3 rings (SSSR count). The molecule has 0 atom stereocenters. The molecule has 1 aliphatic heterocycles. The van der Waals surface area contributed by atoms with Gasteiger partial charge in [-0.25, -0.2) is 0 Å². The van der Waals surface area contributed by atoms with Crippen LogP contribution in [0.5, 0.6) is 0 Å². The van der Waals surface area contributed by atoms with Crippen molar-refractivity contribution in [3.05, 3.63) is 72.1 Å². The van der Waals surface area contributed by atoms with Gasteiger partial charge >= 0.3 is 0 Å². The maximum absolute atomic E-state index is 13.0. The first-order valence-electron chi connectivity index (χ1n) is 8.89. The first-order chi connectivity index (χ1) is 13.0. The van der Waals surface area contributed by atoms with E-state index in [0.717, 1.165) is 17.7 Å². The molecule has 27 heavy (non-hydrogen) atoms. The van der Waals surface area contributed by atoms with Crippen LogP contribution in [-0.4, -0.2) is 65.2 Å². The van der Waals surface area contributed by atoms with Crippen LogP contribution >= 0.6 is 0 Å². The van der Waals surface area contributed by atoms with E-state index in [1.54, 1.807) is 23.4 Å². The van der Waals surface area contributed by atoms with E-state index in [1.807, 2.05) is 49.3 Å². The monoisotopic (exact) mass is 364 g/mol. The second kappa shape index (κ2) is 8.14. The maximum Gasteiger partial charge on any atom is 0.259 e. The minimum absolute atomic E-state index is 0.0139. The van der Waals surface area contributed by atoms with Gasteiger partial charge in [0.25, 0.3) is 5.91 Å². The predicted molar refractivity (Wildman–Crippen MR) is 105 cm³/mol. The number of benzene rings is 1. The molecular formula is C21H24N4O2. The van der Waals surface area contributed by atoms with Gasteiger partial charge in [-0.3, -0.25) is 19.5 Å². The molecule has 140 valence electrons. The van der Waals surface area contributed by atoms with Crippen LogP contribution in [0.15, 0.2) is 55.4 Å². The molecule has 2 aromatic rings. The number of nitrogens with zero attached hydrogens (tertiary/aromatic N) is 4. The van der Waals surface area contributed by atoms with Crippen LogP contribution < -0.4 is 0 Å². The summed E-state index contributed by atoms with van der Waals surface area (Å²) in [5.74, 6) is -0.277. The van der Waals surface area contributed by atoms with Crippen molar-refractivity contribution in [3.8, 4) is 0 Å². The van der Waals surface area contributed by atoms with Crippen molar-refractivity contribution in [1.29, 1.82) is 0 Å². The number of aromatic nitrogens is 1. The minimum Gasteiger partial charge on any atom is -0.335 e. The van der Waals surface area contributed by atoms with E-state index in [2.05, 4.69) is 11.6 Å². The van der Waals surface area contributed by atoms with Crippen LogP contribution in [-0.2, 0) is 11.3 Å². The van der Waals surface area contributed by atoms with Crippen molar-refractivity contribution in [1.82, 2.24) is 19.7 Å². The van der Waals surface area contributed by atoms with Crippen molar-refractivity contribution < 1.29 is 9.59 Å². The molecule has 2 heterocycles. The highest BCUT2D eigenvalue weighted by molar-refractivity contribution is 6.10. The fraction of sp³-hybridized carbons (Fsp3) is 0.286. The lowest BCUT2D eigenvalue weighted by Gasteiger charge is -2.27. The average Bonchev–Trinajstić information content (AvgIpc) is 2.91. The van der Waals surface area contributed by atoms with Crippen molar-refractivity contribution in [2.75, 3.05) is 33.7 Å². The molecule has 1 aromatic carbocycles. The molecule has 0 aliphatic carbocycles. The number of carbonyl (C=O) groups is 2. The molecule has 0 saturated carbocycles. The Labute approximate surface area is 159 Å². The molecule has 2 amide bonds. The highest BCUT2D eigenvalue weighted by Crippen LogP contribution is 2.30. The normalized spacial score (nSPS) is 13.2. The Morgan fingerprint density at radius 3 is 2.48 bits per heavy atom. The zero-order valence-electron chi connectivity index (χ0n) is 15.8. The van der Waals surface area contributed by atoms with Gasteiger partial charge < -0.3 is 9.80 Å². The number of hydrogen-bond donors (Lipinski definition) is 0. The van der Waals surface area contributed by atoms with Gasteiger partial charge in [-0.15, -0.1) is 0 Å². The Balaban J connectivity index is 1.74. The molecule has 6 nitrogen and oxygen atoms in total. The maximum atomic E-state index is 13.0. The van der Waals surface area contributed by atoms with E-state index in [-0.39, 0.29) is 18.4 Å². The number of likely N-dealkylation sites (N-methyl/N-ethyl adjacent to an activating group) is 1. The molecule has 1 aliphatic rings. The van der Waals surface area contributed by atoms with E-state index in [4.69, 9.17) is 0 Å². The summed E-state index contributed by atoms with van der Waals surface area (Å²) < 4.78 is 0. The van der Waals surface area contributed by atoms with Crippen LogP contribution in [0, 0.1) is 0 Å². The molecule has 0 fully saturated rings. The Hall–Kier alpha value is -2.99. The first kappa shape index (κ1) is 18.8. The Morgan fingerprint density at radius 1 is 1.11 bits per heavy atom. The number of pyridine rings is 1. The lowest BCUT2D eigenvalue weighted by Crippen LogP contribution is -2.42. The van der Waals surface area contributed by atoms with E-state index in [9.17, 15) is 9.59 Å². The molecule has 0 radical (unpaired) electrons. The molecule has 0 saturated heterocycles. The molecule has 0 unspecified atom stereocenters. The van der Waals surface area contributed by atoms with Gasteiger partial charge in [0.1, 0.15) is 6.54 Å². The summed E-state index contributed by atoms with van der Waals surface area (Å²) in [5.41, 5.74) is 2.93. The smallest absolute Gasteiger partial charge is 0.259 e. The standard InChI is InChI=1S/C21H24N4O2/c1-16-18-8-4-5-9-19(18)21(27)25(16)15-20(26)24(12-11-23(2)3)14-17-7-6-10-22-13-17/h4-10,13H,1,11-12,14-15H2,2-3H3. The third-order valence-electron chi connectivity index (χ3n) is 4.60. The Kier molecular flexibility index (Phi) is 5.66. The average molecular weight is 364 g/mol. The summed E-state index contributed by atoms with van der Waals surface area (Å²) in [6.45, 7) is 5.77. The summed E-state index contributed by atoms with van der Waals surface area (Å²) in [5, 5.41) is 0. The van der Waals surface area contributed by atoms with E-state index >= 15 is 0 Å². The summed E-state index contributed by atoms with van der Waals surface area (Å²) in [6.07, 6.45) is 3.46. The van der Waals surface area contributed by atoms with Gasteiger partial charge in [0, 0.05) is 48.9 Å². The number of fused-ring (bicyclic) bond motifs is 1. The SMILES string of the molecule is C=C1c2ccccc2C(=O)N1CC(=O)N(CCN(C)C)Cc1cccnc1. The highest BCUT2D eigenvalue weighted by atomic mass is 16.2. The minimum atomic E-state index is -0.169. The van der Waals surface area contributed by atoms with Crippen molar-refractivity contribution >= 4 is 17.5 Å². The second-order valence-corrected chi connectivity index (χ2v) is 6.86.